The number of Topliss-reactive ketones (excluding diaryl/α,β-unsaturated/α-hetero) is 1. The van der Waals surface area contributed by atoms with Crippen LogP contribution in [0, 0.1) is 0 Å². The number of amides is 1. The Morgan fingerprint density at radius 1 is 0.838 bits per heavy atom. The first-order chi connectivity index (χ1) is 17.7. The first-order valence-electron chi connectivity index (χ1n) is 12.1. The summed E-state index contributed by atoms with van der Waals surface area (Å²) in [5, 5.41) is 11.3. The standard InChI is InChI=1S/C30H29NO6/c1-18(2)36-24-12-8-11-22(17-24)27(32)25-26(20-9-6-5-7-10-20)31(29(34)28(25)33)23-15-13-21(14-16-23)30(35)37-19(3)4/h5-19,26,32H,1-4H3/b27-25+. The Kier molecular flexibility index (Phi) is 7.43. The van der Waals surface area contributed by atoms with Crippen molar-refractivity contribution in [2.24, 2.45) is 0 Å². The Bertz CT molecular complexity index is 1340. The molecular formula is C30H29NO6. The van der Waals surface area contributed by atoms with Crippen LogP contribution in [0.5, 0.6) is 5.75 Å². The number of anilines is 1. The van der Waals surface area contributed by atoms with Crippen LogP contribution in [-0.4, -0.2) is 35.0 Å². The molecule has 37 heavy (non-hydrogen) atoms. The number of carbonyl (C=O) groups is 3. The van der Waals surface area contributed by atoms with Crippen LogP contribution < -0.4 is 9.64 Å². The third kappa shape index (κ3) is 5.40. The van der Waals surface area contributed by atoms with E-state index >= 15 is 0 Å². The maximum atomic E-state index is 13.3. The summed E-state index contributed by atoms with van der Waals surface area (Å²) in [6.07, 6.45) is -0.347. The van der Waals surface area contributed by atoms with Gasteiger partial charge in [-0.15, -0.1) is 0 Å². The molecule has 0 saturated carbocycles. The van der Waals surface area contributed by atoms with Crippen LogP contribution in [0.1, 0.15) is 55.2 Å². The Morgan fingerprint density at radius 2 is 1.51 bits per heavy atom. The Hall–Kier alpha value is -4.39. The van der Waals surface area contributed by atoms with E-state index in [-0.39, 0.29) is 23.5 Å². The number of carbonyl (C=O) groups excluding carboxylic acids is 3. The van der Waals surface area contributed by atoms with Crippen LogP contribution in [0.4, 0.5) is 5.69 Å². The van der Waals surface area contributed by atoms with Gasteiger partial charge < -0.3 is 14.6 Å². The molecule has 1 unspecified atom stereocenters. The van der Waals surface area contributed by atoms with E-state index in [4.69, 9.17) is 9.47 Å². The molecular weight excluding hydrogens is 470 g/mol. The number of ether oxygens (including phenoxy) is 2. The number of hydrogen-bond acceptors (Lipinski definition) is 6. The van der Waals surface area contributed by atoms with E-state index in [0.29, 0.717) is 28.1 Å². The Balaban J connectivity index is 1.81. The minimum atomic E-state index is -0.871. The minimum Gasteiger partial charge on any atom is -0.507 e. The normalized spacial score (nSPS) is 16.9. The molecule has 3 aromatic carbocycles. The molecule has 0 spiro atoms. The fourth-order valence-electron chi connectivity index (χ4n) is 4.23. The first-order valence-corrected chi connectivity index (χ1v) is 12.1. The van der Waals surface area contributed by atoms with E-state index in [1.54, 1.807) is 86.6 Å². The lowest BCUT2D eigenvalue weighted by molar-refractivity contribution is -0.132. The molecule has 7 heteroatoms. The highest BCUT2D eigenvalue weighted by molar-refractivity contribution is 6.51. The van der Waals surface area contributed by atoms with Gasteiger partial charge in [0.25, 0.3) is 11.7 Å². The summed E-state index contributed by atoms with van der Waals surface area (Å²) < 4.78 is 11.0. The van der Waals surface area contributed by atoms with Gasteiger partial charge in [0.1, 0.15) is 11.5 Å². The van der Waals surface area contributed by atoms with Crippen molar-refractivity contribution in [2.75, 3.05) is 4.90 Å². The van der Waals surface area contributed by atoms with Crippen molar-refractivity contribution in [3.8, 4) is 5.75 Å². The zero-order valence-electron chi connectivity index (χ0n) is 21.2. The van der Waals surface area contributed by atoms with E-state index in [1.165, 1.54) is 4.90 Å². The van der Waals surface area contributed by atoms with Crippen LogP contribution in [0.15, 0.2) is 84.4 Å². The second-order valence-corrected chi connectivity index (χ2v) is 9.28. The summed E-state index contributed by atoms with van der Waals surface area (Å²) in [6.45, 7) is 7.30. The van der Waals surface area contributed by atoms with Gasteiger partial charge in [-0.05, 0) is 69.7 Å². The van der Waals surface area contributed by atoms with Gasteiger partial charge in [-0.1, -0.05) is 42.5 Å². The van der Waals surface area contributed by atoms with Gasteiger partial charge in [-0.2, -0.15) is 0 Å². The number of nitrogens with zero attached hydrogens (tertiary/aromatic N) is 1. The SMILES string of the molecule is CC(C)OC(=O)c1ccc(N2C(=O)C(=O)/C(=C(/O)c3cccc(OC(C)C)c3)C2c2ccccc2)cc1. The van der Waals surface area contributed by atoms with Crippen LogP contribution in [-0.2, 0) is 14.3 Å². The predicted octanol–water partition coefficient (Wildman–Crippen LogP) is 5.67. The highest BCUT2D eigenvalue weighted by Crippen LogP contribution is 2.42. The summed E-state index contributed by atoms with van der Waals surface area (Å²) in [4.78, 5) is 40.3. The maximum Gasteiger partial charge on any atom is 0.338 e. The van der Waals surface area contributed by atoms with Crippen molar-refractivity contribution < 1.29 is 29.0 Å². The molecule has 1 atom stereocenters. The number of aliphatic hydroxyl groups is 1. The molecule has 1 N–H and O–H groups in total. The molecule has 7 nitrogen and oxygen atoms in total. The molecule has 1 saturated heterocycles. The molecule has 0 aromatic heterocycles. The molecule has 1 heterocycles. The van der Waals surface area contributed by atoms with E-state index < -0.39 is 23.7 Å². The number of hydrogen-bond donors (Lipinski definition) is 1. The molecule has 4 rings (SSSR count). The van der Waals surface area contributed by atoms with E-state index in [9.17, 15) is 19.5 Å². The number of esters is 1. The Morgan fingerprint density at radius 3 is 2.14 bits per heavy atom. The summed E-state index contributed by atoms with van der Waals surface area (Å²) >= 11 is 0. The van der Waals surface area contributed by atoms with Crippen LogP contribution >= 0.6 is 0 Å². The fourth-order valence-corrected chi connectivity index (χ4v) is 4.23. The molecule has 0 radical (unpaired) electrons. The maximum absolute atomic E-state index is 13.3. The van der Waals surface area contributed by atoms with Crippen molar-refractivity contribution in [3.63, 3.8) is 0 Å². The van der Waals surface area contributed by atoms with Crippen LogP contribution in [0.2, 0.25) is 0 Å². The second kappa shape index (κ2) is 10.7. The summed E-state index contributed by atoms with van der Waals surface area (Å²) in [5.41, 5.74) is 1.73. The van der Waals surface area contributed by atoms with Gasteiger partial charge in [-0.3, -0.25) is 14.5 Å². The van der Waals surface area contributed by atoms with Crippen molar-refractivity contribution >= 4 is 29.1 Å². The lowest BCUT2D eigenvalue weighted by Gasteiger charge is -2.25. The zero-order chi connectivity index (χ0) is 26.7. The predicted molar refractivity (Wildman–Crippen MR) is 140 cm³/mol. The highest BCUT2D eigenvalue weighted by atomic mass is 16.5. The van der Waals surface area contributed by atoms with E-state index in [2.05, 4.69) is 0 Å². The minimum absolute atomic E-state index is 0.0267. The third-order valence-electron chi connectivity index (χ3n) is 5.76. The van der Waals surface area contributed by atoms with Gasteiger partial charge in [0, 0.05) is 11.3 Å². The summed E-state index contributed by atoms with van der Waals surface area (Å²) in [7, 11) is 0. The number of ketones is 1. The van der Waals surface area contributed by atoms with Crippen LogP contribution in [0.3, 0.4) is 0 Å². The lowest BCUT2D eigenvalue weighted by Crippen LogP contribution is -2.29. The molecule has 1 aliphatic heterocycles. The molecule has 3 aromatic rings. The van der Waals surface area contributed by atoms with E-state index in [1.807, 2.05) is 19.9 Å². The number of aliphatic hydroxyl groups excluding tert-OH is 1. The van der Waals surface area contributed by atoms with Gasteiger partial charge in [0.05, 0.1) is 29.4 Å². The Labute approximate surface area is 215 Å². The molecule has 1 fully saturated rings. The zero-order valence-corrected chi connectivity index (χ0v) is 21.2. The fraction of sp³-hybridized carbons (Fsp3) is 0.233. The molecule has 0 bridgehead atoms. The van der Waals surface area contributed by atoms with Crippen molar-refractivity contribution in [2.45, 2.75) is 45.9 Å². The monoisotopic (exact) mass is 499 g/mol. The summed E-state index contributed by atoms with van der Waals surface area (Å²) in [5.74, 6) is -1.81. The molecule has 0 aliphatic carbocycles. The van der Waals surface area contributed by atoms with Gasteiger partial charge >= 0.3 is 5.97 Å². The third-order valence-corrected chi connectivity index (χ3v) is 5.76. The summed E-state index contributed by atoms with van der Waals surface area (Å²) in [6, 6.07) is 21.2. The average molecular weight is 500 g/mol. The largest absolute Gasteiger partial charge is 0.507 e. The quantitative estimate of drug-likeness (QED) is 0.195. The highest BCUT2D eigenvalue weighted by Gasteiger charge is 2.47. The van der Waals surface area contributed by atoms with Crippen molar-refractivity contribution in [3.05, 3.63) is 101 Å². The van der Waals surface area contributed by atoms with Gasteiger partial charge in [0.2, 0.25) is 0 Å². The average Bonchev–Trinajstić information content (AvgIpc) is 3.14. The topological polar surface area (TPSA) is 93.1 Å². The molecule has 190 valence electrons. The van der Waals surface area contributed by atoms with Crippen molar-refractivity contribution in [1.82, 2.24) is 0 Å². The number of benzene rings is 3. The van der Waals surface area contributed by atoms with Crippen LogP contribution in [0.25, 0.3) is 5.76 Å². The first kappa shape index (κ1) is 25.7. The second-order valence-electron chi connectivity index (χ2n) is 9.28. The van der Waals surface area contributed by atoms with Gasteiger partial charge in [0.15, 0.2) is 0 Å². The molecule has 1 amide bonds. The molecule has 1 aliphatic rings. The van der Waals surface area contributed by atoms with Gasteiger partial charge in [-0.25, -0.2) is 4.79 Å². The lowest BCUT2D eigenvalue weighted by atomic mass is 9.95. The van der Waals surface area contributed by atoms with Crippen molar-refractivity contribution in [1.29, 1.82) is 0 Å². The van der Waals surface area contributed by atoms with E-state index in [0.717, 1.165) is 0 Å². The number of rotatable bonds is 7. The smallest absolute Gasteiger partial charge is 0.338 e.